The number of nitrogens with zero attached hydrogens (tertiary/aromatic N) is 2. The predicted molar refractivity (Wildman–Crippen MR) is 105 cm³/mol. The van der Waals surface area contributed by atoms with Crippen LogP contribution >= 0.6 is 12.4 Å². The Morgan fingerprint density at radius 3 is 2.41 bits per heavy atom. The van der Waals surface area contributed by atoms with Gasteiger partial charge in [0.15, 0.2) is 0 Å². The molecular formula is C20H23ClFN3O2. The van der Waals surface area contributed by atoms with Crippen LogP contribution in [0.2, 0.25) is 0 Å². The highest BCUT2D eigenvalue weighted by Crippen LogP contribution is 2.25. The number of carbonyl (C=O) groups is 2. The summed E-state index contributed by atoms with van der Waals surface area (Å²) < 4.78 is 13.6. The molecule has 0 spiro atoms. The molecule has 0 aliphatic carbocycles. The third kappa shape index (κ3) is 4.64. The molecule has 0 radical (unpaired) electrons. The van der Waals surface area contributed by atoms with Gasteiger partial charge in [-0.15, -0.1) is 12.4 Å². The molecule has 27 heavy (non-hydrogen) atoms. The maximum Gasteiger partial charge on any atom is 0.254 e. The van der Waals surface area contributed by atoms with E-state index < -0.39 is 0 Å². The molecule has 1 aliphatic rings. The van der Waals surface area contributed by atoms with Crippen LogP contribution < -0.4 is 5.32 Å². The Hall–Kier alpha value is -2.44. The Labute approximate surface area is 164 Å². The molecule has 0 saturated carbocycles. The molecule has 1 saturated heterocycles. The molecule has 1 aliphatic heterocycles. The second-order valence-electron chi connectivity index (χ2n) is 6.55. The first kappa shape index (κ1) is 20.9. The van der Waals surface area contributed by atoms with Gasteiger partial charge in [0.25, 0.3) is 11.8 Å². The lowest BCUT2D eigenvalue weighted by Gasteiger charge is -2.36. The van der Waals surface area contributed by atoms with E-state index in [9.17, 15) is 14.0 Å². The Balaban J connectivity index is 0.00000261. The lowest BCUT2D eigenvalue weighted by molar-refractivity contribution is 0.0633. The van der Waals surface area contributed by atoms with Gasteiger partial charge in [0.1, 0.15) is 5.82 Å². The maximum absolute atomic E-state index is 13.6. The monoisotopic (exact) mass is 391 g/mol. The van der Waals surface area contributed by atoms with Gasteiger partial charge in [0, 0.05) is 44.9 Å². The van der Waals surface area contributed by atoms with Crippen LogP contribution in [0, 0.1) is 5.82 Å². The average Bonchev–Trinajstić information content (AvgIpc) is 2.67. The fourth-order valence-electron chi connectivity index (χ4n) is 3.14. The van der Waals surface area contributed by atoms with Crippen molar-refractivity contribution in [2.45, 2.75) is 6.04 Å². The van der Waals surface area contributed by atoms with Crippen molar-refractivity contribution < 1.29 is 14.0 Å². The number of benzene rings is 2. The molecule has 2 aromatic rings. The van der Waals surface area contributed by atoms with Gasteiger partial charge >= 0.3 is 0 Å². The van der Waals surface area contributed by atoms with Crippen LogP contribution in [0.3, 0.4) is 0 Å². The Morgan fingerprint density at radius 2 is 1.78 bits per heavy atom. The smallest absolute Gasteiger partial charge is 0.254 e. The zero-order valence-corrected chi connectivity index (χ0v) is 16.1. The largest absolute Gasteiger partial charge is 0.345 e. The molecule has 2 aromatic carbocycles. The number of halogens is 2. The lowest BCUT2D eigenvalue weighted by Crippen LogP contribution is -2.48. The normalized spacial score (nSPS) is 16.4. The first-order valence-corrected chi connectivity index (χ1v) is 8.56. The van der Waals surface area contributed by atoms with E-state index in [0.29, 0.717) is 30.8 Å². The first-order valence-electron chi connectivity index (χ1n) is 8.56. The molecule has 144 valence electrons. The SMILES string of the molecule is CN(C)C(=O)c1ccc(C(=O)N2CCNCC2c2cccc(F)c2)cc1.Cl. The van der Waals surface area contributed by atoms with Crippen molar-refractivity contribution in [2.24, 2.45) is 0 Å². The zero-order chi connectivity index (χ0) is 18.7. The van der Waals surface area contributed by atoms with Crippen LogP contribution in [0.15, 0.2) is 48.5 Å². The number of hydrogen-bond donors (Lipinski definition) is 1. The summed E-state index contributed by atoms with van der Waals surface area (Å²) >= 11 is 0. The van der Waals surface area contributed by atoms with E-state index in [4.69, 9.17) is 0 Å². The summed E-state index contributed by atoms with van der Waals surface area (Å²) in [6.07, 6.45) is 0. The van der Waals surface area contributed by atoms with Crippen LogP contribution in [-0.2, 0) is 0 Å². The highest BCUT2D eigenvalue weighted by molar-refractivity contribution is 5.97. The summed E-state index contributed by atoms with van der Waals surface area (Å²) in [4.78, 5) is 28.2. The van der Waals surface area contributed by atoms with Gasteiger partial charge in [-0.25, -0.2) is 4.39 Å². The van der Waals surface area contributed by atoms with E-state index >= 15 is 0 Å². The fraction of sp³-hybridized carbons (Fsp3) is 0.300. The van der Waals surface area contributed by atoms with Crippen molar-refractivity contribution in [1.29, 1.82) is 0 Å². The maximum atomic E-state index is 13.6. The minimum absolute atomic E-state index is 0. The molecule has 1 N–H and O–H groups in total. The topological polar surface area (TPSA) is 52.7 Å². The van der Waals surface area contributed by atoms with Gasteiger partial charge < -0.3 is 15.1 Å². The van der Waals surface area contributed by atoms with Crippen LogP contribution in [-0.4, -0.2) is 55.3 Å². The quantitative estimate of drug-likeness (QED) is 0.875. The molecule has 1 fully saturated rings. The molecule has 0 bridgehead atoms. The Kier molecular flexibility index (Phi) is 6.93. The van der Waals surface area contributed by atoms with Crippen molar-refractivity contribution in [1.82, 2.24) is 15.1 Å². The third-order valence-electron chi connectivity index (χ3n) is 4.52. The van der Waals surface area contributed by atoms with Gasteiger partial charge in [0.05, 0.1) is 6.04 Å². The minimum atomic E-state index is -0.313. The summed E-state index contributed by atoms with van der Waals surface area (Å²) in [5.74, 6) is -0.541. The van der Waals surface area contributed by atoms with Gasteiger partial charge in [-0.3, -0.25) is 9.59 Å². The standard InChI is InChI=1S/C20H22FN3O2.ClH/c1-23(2)19(25)14-6-8-15(9-7-14)20(26)24-11-10-22-13-18(24)16-4-3-5-17(21)12-16;/h3-9,12,18,22H,10-11,13H2,1-2H3;1H. The van der Waals surface area contributed by atoms with Crippen LogP contribution in [0.4, 0.5) is 4.39 Å². The number of hydrogen-bond acceptors (Lipinski definition) is 3. The van der Waals surface area contributed by atoms with Crippen molar-refractivity contribution in [2.75, 3.05) is 33.7 Å². The summed E-state index contributed by atoms with van der Waals surface area (Å²) in [5, 5.41) is 3.26. The molecule has 5 nitrogen and oxygen atoms in total. The second kappa shape index (κ2) is 8.97. The fourth-order valence-corrected chi connectivity index (χ4v) is 3.14. The van der Waals surface area contributed by atoms with Crippen molar-refractivity contribution >= 4 is 24.2 Å². The Morgan fingerprint density at radius 1 is 1.11 bits per heavy atom. The zero-order valence-electron chi connectivity index (χ0n) is 15.3. The molecule has 0 aromatic heterocycles. The highest BCUT2D eigenvalue weighted by atomic mass is 35.5. The molecular weight excluding hydrogens is 369 g/mol. The number of amides is 2. The van der Waals surface area contributed by atoms with Gasteiger partial charge in [-0.2, -0.15) is 0 Å². The number of piperazine rings is 1. The van der Waals surface area contributed by atoms with E-state index in [1.807, 2.05) is 6.07 Å². The molecule has 3 rings (SSSR count). The summed E-state index contributed by atoms with van der Waals surface area (Å²) in [7, 11) is 3.37. The minimum Gasteiger partial charge on any atom is -0.345 e. The van der Waals surface area contributed by atoms with E-state index in [0.717, 1.165) is 5.56 Å². The summed E-state index contributed by atoms with van der Waals surface area (Å²) in [6, 6.07) is 12.8. The van der Waals surface area contributed by atoms with Gasteiger partial charge in [0.2, 0.25) is 0 Å². The molecule has 1 heterocycles. The number of nitrogens with one attached hydrogen (secondary N) is 1. The second-order valence-corrected chi connectivity index (χ2v) is 6.55. The number of rotatable bonds is 3. The van der Waals surface area contributed by atoms with Crippen molar-refractivity contribution in [3.8, 4) is 0 Å². The van der Waals surface area contributed by atoms with Gasteiger partial charge in [-0.05, 0) is 42.0 Å². The molecule has 2 amide bonds. The van der Waals surface area contributed by atoms with E-state index in [-0.39, 0.29) is 36.1 Å². The molecule has 1 unspecified atom stereocenters. The molecule has 7 heteroatoms. The van der Waals surface area contributed by atoms with Crippen LogP contribution in [0.25, 0.3) is 0 Å². The number of carbonyl (C=O) groups excluding carboxylic acids is 2. The third-order valence-corrected chi connectivity index (χ3v) is 4.52. The van der Waals surface area contributed by atoms with Crippen LogP contribution in [0.5, 0.6) is 0 Å². The predicted octanol–water partition coefficient (Wildman–Crippen LogP) is 2.74. The highest BCUT2D eigenvalue weighted by Gasteiger charge is 2.28. The van der Waals surface area contributed by atoms with E-state index in [2.05, 4.69) is 5.32 Å². The summed E-state index contributed by atoms with van der Waals surface area (Å²) in [6.45, 7) is 1.81. The lowest BCUT2D eigenvalue weighted by atomic mass is 10.0. The van der Waals surface area contributed by atoms with E-state index in [1.54, 1.807) is 49.3 Å². The Bertz CT molecular complexity index is 811. The van der Waals surface area contributed by atoms with Crippen molar-refractivity contribution in [3.63, 3.8) is 0 Å². The average molecular weight is 392 g/mol. The van der Waals surface area contributed by atoms with Crippen molar-refractivity contribution in [3.05, 3.63) is 71.0 Å². The molecule has 1 atom stereocenters. The van der Waals surface area contributed by atoms with Crippen LogP contribution in [0.1, 0.15) is 32.3 Å². The first-order chi connectivity index (χ1) is 12.5. The van der Waals surface area contributed by atoms with E-state index in [1.165, 1.54) is 17.0 Å². The van der Waals surface area contributed by atoms with Gasteiger partial charge in [-0.1, -0.05) is 12.1 Å². The summed E-state index contributed by atoms with van der Waals surface area (Å²) in [5.41, 5.74) is 1.82.